The van der Waals surface area contributed by atoms with Crippen LogP contribution in [-0.4, -0.2) is 14.5 Å². The quantitative estimate of drug-likeness (QED) is 0.192. The van der Waals surface area contributed by atoms with Gasteiger partial charge < -0.3 is 4.57 Å². The molecule has 0 atom stereocenters. The summed E-state index contributed by atoms with van der Waals surface area (Å²) in [7, 11) is 0. The Hall–Kier alpha value is -6.32. The summed E-state index contributed by atoms with van der Waals surface area (Å²) in [5.41, 5.74) is 16.9. The van der Waals surface area contributed by atoms with E-state index in [0.29, 0.717) is 0 Å². The summed E-state index contributed by atoms with van der Waals surface area (Å²) >= 11 is 0. The van der Waals surface area contributed by atoms with E-state index in [0.717, 1.165) is 52.1 Å². The largest absolute Gasteiger partial charge is 0.309 e. The molecule has 0 aliphatic heterocycles. The summed E-state index contributed by atoms with van der Waals surface area (Å²) < 4.78 is 2.46. The second kappa shape index (κ2) is 11.4. The minimum atomic E-state index is 0.733. The highest BCUT2D eigenvalue weighted by Crippen LogP contribution is 2.46. The molecule has 50 heavy (non-hydrogen) atoms. The molecule has 0 N–H and O–H groups in total. The maximum Gasteiger partial charge on any atom is 0.160 e. The summed E-state index contributed by atoms with van der Waals surface area (Å²) in [5.74, 6) is 0.733. The van der Waals surface area contributed by atoms with Crippen LogP contribution in [0.25, 0.3) is 83.3 Å². The number of hydrogen-bond donors (Lipinski definition) is 0. The Morgan fingerprint density at radius 3 is 2.02 bits per heavy atom. The van der Waals surface area contributed by atoms with Gasteiger partial charge in [-0.2, -0.15) is 0 Å². The third-order valence-electron chi connectivity index (χ3n) is 10.5. The Kier molecular flexibility index (Phi) is 6.53. The average molecular weight is 640 g/mol. The molecule has 0 amide bonds. The Morgan fingerprint density at radius 1 is 0.500 bits per heavy atom. The topological polar surface area (TPSA) is 30.7 Å². The van der Waals surface area contributed by atoms with Gasteiger partial charge in [-0.3, -0.25) is 0 Å². The van der Waals surface area contributed by atoms with Crippen molar-refractivity contribution < 1.29 is 0 Å². The lowest BCUT2D eigenvalue weighted by molar-refractivity contribution is 0.971. The first kappa shape index (κ1) is 28.7. The molecule has 1 aliphatic rings. The van der Waals surface area contributed by atoms with E-state index in [9.17, 15) is 0 Å². The standard InChI is InChI=1S/C47H33N3/c1-30-13-8-10-19-35(30)37-26-28-43-45-39(37)25-23-31-14-9-11-20-36(31)38-21-12-22-42(44(38)45)50(43)34-24-27-41-40(29-34)46(32-15-4-2-5-16-32)49-47(48-41)33-17-6-3-7-18-33/h2-22,24,26-29H,23,25H2,1H3. The fourth-order valence-electron chi connectivity index (χ4n) is 8.16. The van der Waals surface area contributed by atoms with E-state index in [2.05, 4.69) is 151 Å². The first-order valence-corrected chi connectivity index (χ1v) is 17.4. The van der Waals surface area contributed by atoms with Crippen LogP contribution in [0.5, 0.6) is 0 Å². The van der Waals surface area contributed by atoms with Gasteiger partial charge in [0.1, 0.15) is 0 Å². The molecule has 2 aromatic heterocycles. The molecule has 1 aliphatic carbocycles. The van der Waals surface area contributed by atoms with Crippen LogP contribution in [0.1, 0.15) is 16.7 Å². The van der Waals surface area contributed by atoms with Crippen LogP contribution >= 0.6 is 0 Å². The minimum Gasteiger partial charge on any atom is -0.309 e. The van der Waals surface area contributed by atoms with Crippen molar-refractivity contribution >= 4 is 32.7 Å². The Balaban J connectivity index is 1.30. The fourth-order valence-corrected chi connectivity index (χ4v) is 8.16. The molecule has 0 unspecified atom stereocenters. The molecule has 0 saturated carbocycles. The molecule has 0 spiro atoms. The van der Waals surface area contributed by atoms with Gasteiger partial charge in [0, 0.05) is 33.0 Å². The number of aromatic nitrogens is 3. The van der Waals surface area contributed by atoms with Crippen LogP contribution in [0, 0.1) is 6.92 Å². The van der Waals surface area contributed by atoms with Crippen molar-refractivity contribution in [2.45, 2.75) is 19.8 Å². The van der Waals surface area contributed by atoms with Crippen LogP contribution in [-0.2, 0) is 12.8 Å². The van der Waals surface area contributed by atoms with Crippen LogP contribution in [0.4, 0.5) is 0 Å². The molecular weight excluding hydrogens is 607 g/mol. The number of aryl methyl sites for hydroxylation is 3. The molecule has 236 valence electrons. The van der Waals surface area contributed by atoms with Crippen LogP contribution in [0.2, 0.25) is 0 Å². The van der Waals surface area contributed by atoms with E-state index >= 15 is 0 Å². The highest BCUT2D eigenvalue weighted by Gasteiger charge is 2.25. The number of rotatable bonds is 4. The van der Waals surface area contributed by atoms with Crippen LogP contribution < -0.4 is 0 Å². The van der Waals surface area contributed by atoms with Gasteiger partial charge in [-0.05, 0) is 89.0 Å². The minimum absolute atomic E-state index is 0.733. The van der Waals surface area contributed by atoms with Crippen molar-refractivity contribution in [3.8, 4) is 50.6 Å². The van der Waals surface area contributed by atoms with E-state index in [4.69, 9.17) is 9.97 Å². The second-order valence-electron chi connectivity index (χ2n) is 13.3. The Bertz CT molecular complexity index is 2760. The third kappa shape index (κ3) is 4.44. The smallest absolute Gasteiger partial charge is 0.160 e. The summed E-state index contributed by atoms with van der Waals surface area (Å²) in [6.07, 6.45) is 1.96. The van der Waals surface area contributed by atoms with Crippen molar-refractivity contribution in [3.63, 3.8) is 0 Å². The maximum atomic E-state index is 5.21. The monoisotopic (exact) mass is 639 g/mol. The lowest BCUT2D eigenvalue weighted by Crippen LogP contribution is -2.01. The fraction of sp³-hybridized carbons (Fsp3) is 0.0638. The molecule has 0 radical (unpaired) electrons. The van der Waals surface area contributed by atoms with E-state index in [1.165, 1.54) is 60.8 Å². The molecule has 0 bridgehead atoms. The number of hydrogen-bond acceptors (Lipinski definition) is 2. The molecule has 9 aromatic rings. The zero-order valence-corrected chi connectivity index (χ0v) is 27.8. The van der Waals surface area contributed by atoms with Gasteiger partial charge in [-0.15, -0.1) is 0 Å². The lowest BCUT2D eigenvalue weighted by atomic mass is 9.84. The molecule has 0 saturated heterocycles. The van der Waals surface area contributed by atoms with E-state index in [1.807, 2.05) is 18.2 Å². The van der Waals surface area contributed by atoms with Gasteiger partial charge in [0.05, 0.1) is 22.2 Å². The zero-order valence-electron chi connectivity index (χ0n) is 27.8. The van der Waals surface area contributed by atoms with Crippen molar-refractivity contribution in [1.29, 1.82) is 0 Å². The maximum absolute atomic E-state index is 5.21. The van der Waals surface area contributed by atoms with E-state index < -0.39 is 0 Å². The zero-order chi connectivity index (χ0) is 33.2. The van der Waals surface area contributed by atoms with Gasteiger partial charge in [-0.25, -0.2) is 9.97 Å². The van der Waals surface area contributed by atoms with Crippen molar-refractivity contribution in [2.75, 3.05) is 0 Å². The molecule has 7 aromatic carbocycles. The van der Waals surface area contributed by atoms with Crippen molar-refractivity contribution in [1.82, 2.24) is 14.5 Å². The highest BCUT2D eigenvalue weighted by atomic mass is 15.0. The first-order chi connectivity index (χ1) is 24.7. The average Bonchev–Trinajstić information content (AvgIpc) is 3.51. The normalized spacial score (nSPS) is 12.3. The van der Waals surface area contributed by atoms with Crippen LogP contribution in [0.15, 0.2) is 158 Å². The van der Waals surface area contributed by atoms with Crippen LogP contribution in [0.3, 0.4) is 0 Å². The molecule has 0 fully saturated rings. The summed E-state index contributed by atoms with van der Waals surface area (Å²) in [6.45, 7) is 2.23. The lowest BCUT2D eigenvalue weighted by Gasteiger charge is -2.19. The number of benzene rings is 7. The molecule has 3 nitrogen and oxygen atoms in total. The Labute approximate surface area is 291 Å². The molecular formula is C47H33N3. The predicted octanol–water partition coefficient (Wildman–Crippen LogP) is 11.8. The second-order valence-corrected chi connectivity index (χ2v) is 13.3. The molecule has 3 heteroatoms. The summed E-state index contributed by atoms with van der Waals surface area (Å²) in [5, 5.41) is 3.70. The van der Waals surface area contributed by atoms with Gasteiger partial charge in [0.25, 0.3) is 0 Å². The van der Waals surface area contributed by atoms with Gasteiger partial charge in [0.15, 0.2) is 5.82 Å². The Morgan fingerprint density at radius 2 is 1.20 bits per heavy atom. The number of nitrogens with zero attached hydrogens (tertiary/aromatic N) is 3. The van der Waals surface area contributed by atoms with Crippen molar-refractivity contribution in [2.24, 2.45) is 0 Å². The predicted molar refractivity (Wildman–Crippen MR) is 208 cm³/mol. The van der Waals surface area contributed by atoms with E-state index in [1.54, 1.807) is 0 Å². The summed E-state index contributed by atoms with van der Waals surface area (Å²) in [4.78, 5) is 10.3. The third-order valence-corrected chi connectivity index (χ3v) is 10.5. The van der Waals surface area contributed by atoms with Gasteiger partial charge in [-0.1, -0.05) is 127 Å². The van der Waals surface area contributed by atoms with Gasteiger partial charge in [0.2, 0.25) is 0 Å². The van der Waals surface area contributed by atoms with Crippen molar-refractivity contribution in [3.05, 3.63) is 174 Å². The summed E-state index contributed by atoms with van der Waals surface area (Å²) in [6, 6.07) is 56.7. The number of fused-ring (bicyclic) bond motifs is 3. The molecule has 10 rings (SSSR count). The first-order valence-electron chi connectivity index (χ1n) is 17.4. The van der Waals surface area contributed by atoms with Gasteiger partial charge >= 0.3 is 0 Å². The highest BCUT2D eigenvalue weighted by molar-refractivity contribution is 6.19. The SMILES string of the molecule is Cc1ccccc1-c1ccc2c3c1CCc1ccccc1-c1cccc(c13)n2-c1ccc2nc(-c3ccccc3)nc(-c3ccccc3)c2c1. The molecule has 2 heterocycles. The van der Waals surface area contributed by atoms with E-state index in [-0.39, 0.29) is 0 Å².